The maximum Gasteiger partial charge on any atom is 0.374 e. The Kier molecular flexibility index (Phi) is 7.30. The summed E-state index contributed by atoms with van der Waals surface area (Å²) in [5, 5.41) is 0. The smallest absolute Gasteiger partial charge is 0.374 e. The first kappa shape index (κ1) is 23.0. The second-order valence-electron chi connectivity index (χ2n) is 10.4. The van der Waals surface area contributed by atoms with Crippen molar-refractivity contribution in [3.63, 3.8) is 0 Å². The minimum Gasteiger partial charge on any atom is -0.460 e. The van der Waals surface area contributed by atoms with Gasteiger partial charge in [0.25, 0.3) is 0 Å². The Morgan fingerprint density at radius 1 is 0.862 bits per heavy atom. The summed E-state index contributed by atoms with van der Waals surface area (Å²) in [4.78, 5) is 13.4. The molecule has 3 fully saturated rings. The molecule has 2 aliphatic carbocycles. The number of carbonyl (C=O) groups excluding carboxylic acids is 1. The van der Waals surface area contributed by atoms with Gasteiger partial charge in [-0.1, -0.05) is 68.1 Å². The maximum absolute atomic E-state index is 14.1. The number of carbonyl (C=O) groups is 1. The highest BCUT2D eigenvalue weighted by Crippen LogP contribution is 2.46. The zero-order valence-electron chi connectivity index (χ0n) is 18.2. The predicted molar refractivity (Wildman–Crippen MR) is 111 cm³/mol. The van der Waals surface area contributed by atoms with Crippen LogP contribution in [0.25, 0.3) is 0 Å². The minimum atomic E-state index is -4.77. The third kappa shape index (κ3) is 5.93. The molecule has 1 aliphatic heterocycles. The van der Waals surface area contributed by atoms with E-state index in [9.17, 15) is 17.1 Å². The van der Waals surface area contributed by atoms with Crippen molar-refractivity contribution in [1.82, 2.24) is 4.31 Å². The van der Waals surface area contributed by atoms with Gasteiger partial charge in [0.05, 0.1) is 5.92 Å². The number of hydrogen-bond donors (Lipinski definition) is 0. The molecule has 2 atom stereocenters. The molecule has 5 nitrogen and oxygen atoms in total. The third-order valence-corrected chi connectivity index (χ3v) is 8.16. The quantitative estimate of drug-likeness (QED) is 0.471. The highest BCUT2D eigenvalue weighted by atomic mass is 32.3. The number of halogens is 1. The lowest BCUT2D eigenvalue weighted by atomic mass is 9.63. The molecule has 0 N–H and O–H groups in total. The van der Waals surface area contributed by atoms with Crippen LogP contribution >= 0.6 is 0 Å². The number of rotatable bonds is 4. The van der Waals surface area contributed by atoms with Gasteiger partial charge in [-0.15, -0.1) is 0 Å². The van der Waals surface area contributed by atoms with Crippen molar-refractivity contribution in [2.75, 3.05) is 13.1 Å². The van der Waals surface area contributed by atoms with Gasteiger partial charge in [0.15, 0.2) is 0 Å². The van der Waals surface area contributed by atoms with Gasteiger partial charge in [0.2, 0.25) is 0 Å². The van der Waals surface area contributed by atoms with Crippen molar-refractivity contribution in [3.8, 4) is 0 Å². The van der Waals surface area contributed by atoms with E-state index in [1.165, 1.54) is 12.8 Å². The molecule has 0 spiro atoms. The van der Waals surface area contributed by atoms with Crippen LogP contribution in [-0.4, -0.2) is 37.4 Å². The molecule has 2 saturated carbocycles. The van der Waals surface area contributed by atoms with Crippen molar-refractivity contribution < 1.29 is 21.8 Å². The summed E-state index contributed by atoms with van der Waals surface area (Å²) in [5.74, 6) is -0.334. The highest BCUT2D eigenvalue weighted by molar-refractivity contribution is 7.83. The SMILES string of the molecule is CC(C)(C)OC(=O)C1C(C2CCCCC2)CN(S(=O)(=O)F)CC1C1CCCCC1. The fourth-order valence-electron chi connectivity index (χ4n) is 6.00. The van der Waals surface area contributed by atoms with Gasteiger partial charge in [0, 0.05) is 13.1 Å². The number of hydrogen-bond acceptors (Lipinski definition) is 4. The minimum absolute atomic E-state index is 0.108. The van der Waals surface area contributed by atoms with E-state index in [0.29, 0.717) is 0 Å². The van der Waals surface area contributed by atoms with Gasteiger partial charge in [-0.2, -0.15) is 12.7 Å². The van der Waals surface area contributed by atoms with Crippen LogP contribution in [0.5, 0.6) is 0 Å². The lowest BCUT2D eigenvalue weighted by molar-refractivity contribution is -0.170. The monoisotopic (exact) mass is 431 g/mol. The Labute approximate surface area is 176 Å². The van der Waals surface area contributed by atoms with Crippen molar-refractivity contribution in [2.45, 2.75) is 90.6 Å². The van der Waals surface area contributed by atoms with E-state index in [0.717, 1.165) is 55.7 Å². The number of piperidine rings is 1. The van der Waals surface area contributed by atoms with E-state index in [1.54, 1.807) is 0 Å². The van der Waals surface area contributed by atoms with Gasteiger partial charge in [0.1, 0.15) is 5.60 Å². The summed E-state index contributed by atoms with van der Waals surface area (Å²) >= 11 is 0. The van der Waals surface area contributed by atoms with Crippen LogP contribution in [0.15, 0.2) is 0 Å². The Hall–Kier alpha value is -0.690. The molecule has 0 aromatic rings. The van der Waals surface area contributed by atoms with Gasteiger partial charge in [-0.05, 0) is 44.4 Å². The average Bonchev–Trinajstić information content (AvgIpc) is 2.66. The van der Waals surface area contributed by atoms with Crippen LogP contribution in [0.2, 0.25) is 0 Å². The molecule has 1 heterocycles. The second kappa shape index (κ2) is 9.21. The topological polar surface area (TPSA) is 63.7 Å². The number of nitrogens with zero attached hydrogens (tertiary/aromatic N) is 1. The van der Waals surface area contributed by atoms with E-state index in [4.69, 9.17) is 4.74 Å². The molecule has 2 unspecified atom stereocenters. The van der Waals surface area contributed by atoms with E-state index in [2.05, 4.69) is 0 Å². The Morgan fingerprint density at radius 2 is 1.28 bits per heavy atom. The summed E-state index contributed by atoms with van der Waals surface area (Å²) < 4.78 is 44.8. The lowest BCUT2D eigenvalue weighted by Gasteiger charge is -2.48. The molecule has 7 heteroatoms. The zero-order valence-corrected chi connectivity index (χ0v) is 19.1. The first-order valence-corrected chi connectivity index (χ1v) is 12.8. The van der Waals surface area contributed by atoms with Crippen LogP contribution in [-0.2, 0) is 19.9 Å². The van der Waals surface area contributed by atoms with E-state index in [1.807, 2.05) is 20.8 Å². The van der Waals surface area contributed by atoms with Crippen LogP contribution in [0, 0.1) is 29.6 Å². The Morgan fingerprint density at radius 3 is 1.62 bits per heavy atom. The van der Waals surface area contributed by atoms with Crippen molar-refractivity contribution in [1.29, 1.82) is 0 Å². The summed E-state index contributed by atoms with van der Waals surface area (Å²) in [6.45, 7) is 5.83. The van der Waals surface area contributed by atoms with Gasteiger partial charge >= 0.3 is 16.4 Å². The van der Waals surface area contributed by atoms with Crippen molar-refractivity contribution >= 4 is 16.4 Å². The number of ether oxygens (including phenoxy) is 1. The summed E-state index contributed by atoms with van der Waals surface area (Å²) in [5.41, 5.74) is -0.589. The summed E-state index contributed by atoms with van der Waals surface area (Å²) in [7, 11) is -4.77. The first-order valence-electron chi connectivity index (χ1n) is 11.5. The Balaban J connectivity index is 1.95. The molecule has 0 amide bonds. The van der Waals surface area contributed by atoms with Crippen LogP contribution in [0.3, 0.4) is 0 Å². The largest absolute Gasteiger partial charge is 0.460 e. The molecular weight excluding hydrogens is 393 g/mol. The van der Waals surface area contributed by atoms with Crippen molar-refractivity contribution in [3.05, 3.63) is 0 Å². The molecule has 3 aliphatic rings. The normalized spacial score (nSPS) is 31.5. The summed E-state index contributed by atoms with van der Waals surface area (Å²) in [6.07, 6.45) is 10.7. The van der Waals surface area contributed by atoms with Crippen LogP contribution in [0.1, 0.15) is 85.0 Å². The van der Waals surface area contributed by atoms with E-state index < -0.39 is 16.0 Å². The fourth-order valence-corrected chi connectivity index (χ4v) is 6.70. The molecule has 0 aromatic heterocycles. The molecule has 0 radical (unpaired) electrons. The molecule has 0 aromatic carbocycles. The standard InChI is InChI=1S/C22H38FNO4S/c1-22(2,3)28-21(25)20-18(16-10-6-4-7-11-16)14-24(29(23,26)27)15-19(20)17-12-8-5-9-13-17/h16-20H,4-15H2,1-3H3. The lowest BCUT2D eigenvalue weighted by Crippen LogP contribution is -2.55. The highest BCUT2D eigenvalue weighted by Gasteiger charge is 2.50. The second-order valence-corrected chi connectivity index (χ2v) is 11.8. The Bertz CT molecular complexity index is 635. The van der Waals surface area contributed by atoms with Gasteiger partial charge in [-0.3, -0.25) is 4.79 Å². The molecule has 3 rings (SSSR count). The van der Waals surface area contributed by atoms with Gasteiger partial charge < -0.3 is 4.74 Å². The molecule has 1 saturated heterocycles. The molecule has 168 valence electrons. The fraction of sp³-hybridized carbons (Fsp3) is 0.955. The molecular formula is C22H38FNO4S. The van der Waals surface area contributed by atoms with E-state index in [-0.39, 0.29) is 48.6 Å². The molecule has 29 heavy (non-hydrogen) atoms. The third-order valence-electron chi connectivity index (χ3n) is 7.25. The molecule has 0 bridgehead atoms. The summed E-state index contributed by atoms with van der Waals surface area (Å²) in [6, 6.07) is 0. The van der Waals surface area contributed by atoms with Crippen molar-refractivity contribution in [2.24, 2.45) is 29.6 Å². The maximum atomic E-state index is 14.1. The van der Waals surface area contributed by atoms with Crippen LogP contribution < -0.4 is 0 Å². The predicted octanol–water partition coefficient (Wildman–Crippen LogP) is 4.87. The number of esters is 1. The van der Waals surface area contributed by atoms with E-state index >= 15 is 0 Å². The average molecular weight is 432 g/mol. The first-order chi connectivity index (χ1) is 13.6. The van der Waals surface area contributed by atoms with Gasteiger partial charge in [-0.25, -0.2) is 0 Å². The zero-order chi connectivity index (χ0) is 21.2. The van der Waals surface area contributed by atoms with Crippen LogP contribution in [0.4, 0.5) is 3.89 Å².